The summed E-state index contributed by atoms with van der Waals surface area (Å²) in [6, 6.07) is 14.0. The van der Waals surface area contributed by atoms with Crippen molar-refractivity contribution < 1.29 is 0 Å². The Balaban J connectivity index is 1.80. The van der Waals surface area contributed by atoms with Gasteiger partial charge in [-0.2, -0.15) is 0 Å². The lowest BCUT2D eigenvalue weighted by atomic mass is 10.1. The monoisotopic (exact) mass is 345 g/mol. The van der Waals surface area contributed by atoms with Crippen molar-refractivity contribution in [2.45, 2.75) is 13.5 Å². The number of imidazole rings is 1. The van der Waals surface area contributed by atoms with Gasteiger partial charge in [-0.3, -0.25) is 0 Å². The molecule has 0 aliphatic heterocycles. The van der Waals surface area contributed by atoms with Crippen LogP contribution in [0.25, 0.3) is 11.3 Å². The van der Waals surface area contributed by atoms with E-state index in [4.69, 9.17) is 23.2 Å². The van der Waals surface area contributed by atoms with Gasteiger partial charge < -0.3 is 9.88 Å². The van der Waals surface area contributed by atoms with Gasteiger partial charge in [-0.1, -0.05) is 59.1 Å². The standard InChI is InChI=1S/C18H17Cl2N3/c1-12-4-3-5-13(8-12)10-21-18-22-11-17(23(18)2)14-6-7-15(19)16(20)9-14/h3-9,11H,10H2,1-2H3,(H,21,22). The highest BCUT2D eigenvalue weighted by atomic mass is 35.5. The Hall–Kier alpha value is -1.97. The van der Waals surface area contributed by atoms with E-state index in [1.165, 1.54) is 11.1 Å². The lowest BCUT2D eigenvalue weighted by Crippen LogP contribution is -2.05. The normalized spacial score (nSPS) is 10.8. The zero-order valence-electron chi connectivity index (χ0n) is 13.0. The van der Waals surface area contributed by atoms with E-state index in [2.05, 4.69) is 41.5 Å². The van der Waals surface area contributed by atoms with E-state index >= 15 is 0 Å². The van der Waals surface area contributed by atoms with Crippen LogP contribution in [0.2, 0.25) is 10.0 Å². The molecule has 0 radical (unpaired) electrons. The summed E-state index contributed by atoms with van der Waals surface area (Å²) in [7, 11) is 1.98. The fourth-order valence-corrected chi connectivity index (χ4v) is 2.80. The molecule has 3 rings (SSSR count). The number of nitrogens with one attached hydrogen (secondary N) is 1. The van der Waals surface area contributed by atoms with Crippen molar-refractivity contribution >= 4 is 29.2 Å². The van der Waals surface area contributed by atoms with Crippen LogP contribution in [0, 0.1) is 6.92 Å². The van der Waals surface area contributed by atoms with Crippen molar-refractivity contribution in [3.05, 3.63) is 69.8 Å². The number of halogens is 2. The Labute approximate surface area is 145 Å². The van der Waals surface area contributed by atoms with Gasteiger partial charge in [0.2, 0.25) is 5.95 Å². The van der Waals surface area contributed by atoms with Crippen LogP contribution in [0.3, 0.4) is 0 Å². The summed E-state index contributed by atoms with van der Waals surface area (Å²) in [4.78, 5) is 4.46. The highest BCUT2D eigenvalue weighted by Crippen LogP contribution is 2.29. The molecule has 118 valence electrons. The average molecular weight is 346 g/mol. The second kappa shape index (κ2) is 6.65. The Morgan fingerprint density at radius 1 is 1.09 bits per heavy atom. The number of nitrogens with zero attached hydrogens (tertiary/aromatic N) is 2. The van der Waals surface area contributed by atoms with Crippen LogP contribution in [-0.4, -0.2) is 9.55 Å². The first kappa shape index (κ1) is 15.9. The van der Waals surface area contributed by atoms with E-state index in [0.29, 0.717) is 10.0 Å². The molecular weight excluding hydrogens is 329 g/mol. The molecule has 0 unspecified atom stereocenters. The van der Waals surface area contributed by atoms with Crippen LogP contribution in [0.15, 0.2) is 48.7 Å². The van der Waals surface area contributed by atoms with E-state index in [1.54, 1.807) is 6.07 Å². The second-order valence-corrected chi connectivity index (χ2v) is 6.31. The minimum absolute atomic E-state index is 0.541. The maximum atomic E-state index is 6.10. The molecular formula is C18H17Cl2N3. The van der Waals surface area contributed by atoms with Gasteiger partial charge in [-0.15, -0.1) is 0 Å². The molecule has 1 aromatic heterocycles. The summed E-state index contributed by atoms with van der Waals surface area (Å²) in [5, 5.41) is 4.46. The molecule has 0 atom stereocenters. The van der Waals surface area contributed by atoms with E-state index in [9.17, 15) is 0 Å². The van der Waals surface area contributed by atoms with E-state index in [-0.39, 0.29) is 0 Å². The highest BCUT2D eigenvalue weighted by molar-refractivity contribution is 6.42. The van der Waals surface area contributed by atoms with Crippen molar-refractivity contribution in [2.75, 3.05) is 5.32 Å². The number of anilines is 1. The largest absolute Gasteiger partial charge is 0.352 e. The van der Waals surface area contributed by atoms with Crippen LogP contribution in [0.1, 0.15) is 11.1 Å². The first-order chi connectivity index (χ1) is 11.0. The minimum atomic E-state index is 0.541. The first-order valence-corrected chi connectivity index (χ1v) is 8.07. The van der Waals surface area contributed by atoms with Gasteiger partial charge >= 0.3 is 0 Å². The van der Waals surface area contributed by atoms with Gasteiger partial charge in [0, 0.05) is 19.2 Å². The van der Waals surface area contributed by atoms with Gasteiger partial charge in [-0.05, 0) is 24.6 Å². The fourth-order valence-electron chi connectivity index (χ4n) is 2.50. The molecule has 0 amide bonds. The molecule has 1 N–H and O–H groups in total. The highest BCUT2D eigenvalue weighted by Gasteiger charge is 2.10. The van der Waals surface area contributed by atoms with Crippen LogP contribution in [-0.2, 0) is 13.6 Å². The fraction of sp³-hybridized carbons (Fsp3) is 0.167. The summed E-state index contributed by atoms with van der Waals surface area (Å²) >= 11 is 12.1. The molecule has 3 nitrogen and oxygen atoms in total. The average Bonchev–Trinajstić information content (AvgIpc) is 2.89. The van der Waals surface area contributed by atoms with Gasteiger partial charge in [0.25, 0.3) is 0 Å². The third-order valence-corrected chi connectivity index (χ3v) is 4.48. The maximum absolute atomic E-state index is 6.10. The molecule has 0 saturated carbocycles. The number of benzene rings is 2. The molecule has 0 aliphatic carbocycles. The lowest BCUT2D eigenvalue weighted by molar-refractivity contribution is 0.906. The number of aryl methyl sites for hydroxylation is 1. The number of hydrogen-bond acceptors (Lipinski definition) is 2. The van der Waals surface area contributed by atoms with Crippen LogP contribution in [0.4, 0.5) is 5.95 Å². The molecule has 0 bridgehead atoms. The SMILES string of the molecule is Cc1cccc(CNc2ncc(-c3ccc(Cl)c(Cl)c3)n2C)c1. The zero-order chi connectivity index (χ0) is 16.4. The molecule has 0 saturated heterocycles. The van der Waals surface area contributed by atoms with Crippen LogP contribution >= 0.6 is 23.2 Å². The minimum Gasteiger partial charge on any atom is -0.352 e. The predicted molar refractivity (Wildman–Crippen MR) is 97.2 cm³/mol. The van der Waals surface area contributed by atoms with Crippen molar-refractivity contribution in [3.63, 3.8) is 0 Å². The molecule has 5 heteroatoms. The topological polar surface area (TPSA) is 29.9 Å². The van der Waals surface area contributed by atoms with Gasteiger partial charge in [0.05, 0.1) is 21.9 Å². The van der Waals surface area contributed by atoms with Crippen LogP contribution in [0.5, 0.6) is 0 Å². The van der Waals surface area contributed by atoms with Crippen molar-refractivity contribution in [3.8, 4) is 11.3 Å². The summed E-state index contributed by atoms with van der Waals surface area (Å²) < 4.78 is 2.01. The van der Waals surface area contributed by atoms with Gasteiger partial charge in [0.1, 0.15) is 0 Å². The Morgan fingerprint density at radius 2 is 1.91 bits per heavy atom. The summed E-state index contributed by atoms with van der Waals surface area (Å²) in [5.41, 5.74) is 4.44. The maximum Gasteiger partial charge on any atom is 0.203 e. The van der Waals surface area contributed by atoms with E-state index in [0.717, 1.165) is 23.8 Å². The first-order valence-electron chi connectivity index (χ1n) is 7.31. The van der Waals surface area contributed by atoms with Crippen molar-refractivity contribution in [1.29, 1.82) is 0 Å². The summed E-state index contributed by atoms with van der Waals surface area (Å²) in [6.07, 6.45) is 1.83. The van der Waals surface area contributed by atoms with Crippen molar-refractivity contribution in [1.82, 2.24) is 9.55 Å². The van der Waals surface area contributed by atoms with Crippen molar-refractivity contribution in [2.24, 2.45) is 7.05 Å². The molecule has 23 heavy (non-hydrogen) atoms. The molecule has 0 aliphatic rings. The molecule has 1 heterocycles. The van der Waals surface area contributed by atoms with E-state index < -0.39 is 0 Å². The number of rotatable bonds is 4. The van der Waals surface area contributed by atoms with Crippen LogP contribution < -0.4 is 5.32 Å². The summed E-state index contributed by atoms with van der Waals surface area (Å²) in [6.45, 7) is 2.82. The Kier molecular flexibility index (Phi) is 4.60. The zero-order valence-corrected chi connectivity index (χ0v) is 14.5. The quantitative estimate of drug-likeness (QED) is 0.693. The predicted octanol–water partition coefficient (Wildman–Crippen LogP) is 5.31. The Morgan fingerprint density at radius 3 is 2.65 bits per heavy atom. The van der Waals surface area contributed by atoms with E-state index in [1.807, 2.05) is 29.9 Å². The molecule has 0 spiro atoms. The Bertz CT molecular complexity index is 840. The third kappa shape index (κ3) is 3.52. The smallest absolute Gasteiger partial charge is 0.203 e. The number of aromatic nitrogens is 2. The van der Waals surface area contributed by atoms with Gasteiger partial charge in [-0.25, -0.2) is 4.98 Å². The number of hydrogen-bond donors (Lipinski definition) is 1. The second-order valence-electron chi connectivity index (χ2n) is 5.50. The van der Waals surface area contributed by atoms with Gasteiger partial charge in [0.15, 0.2) is 0 Å². The third-order valence-electron chi connectivity index (χ3n) is 3.74. The molecule has 0 fully saturated rings. The molecule has 3 aromatic rings. The summed E-state index contributed by atoms with van der Waals surface area (Å²) in [5.74, 6) is 0.813. The molecule has 2 aromatic carbocycles. The lowest BCUT2D eigenvalue weighted by Gasteiger charge is -2.09.